The summed E-state index contributed by atoms with van der Waals surface area (Å²) >= 11 is 1.32. The third-order valence-corrected chi connectivity index (χ3v) is 4.85. The summed E-state index contributed by atoms with van der Waals surface area (Å²) in [5.74, 6) is 1.42. The molecule has 0 radical (unpaired) electrons. The van der Waals surface area contributed by atoms with E-state index in [4.69, 9.17) is 4.74 Å². The molecule has 0 aromatic carbocycles. The molecular weight excluding hydrogens is 326 g/mol. The maximum Gasteiger partial charge on any atom is 0.348 e. The van der Waals surface area contributed by atoms with E-state index < -0.39 is 0 Å². The van der Waals surface area contributed by atoms with E-state index in [9.17, 15) is 9.90 Å². The van der Waals surface area contributed by atoms with Crippen molar-refractivity contribution in [3.8, 4) is 0 Å². The van der Waals surface area contributed by atoms with Crippen molar-refractivity contribution in [3.63, 3.8) is 0 Å². The SMILES string of the molecule is CCOC(=O)c1sc2nc(C)nc(NC(CO)CC(C)C)c2c1C. The fourth-order valence-electron chi connectivity index (χ4n) is 2.68. The Morgan fingerprint density at radius 1 is 1.33 bits per heavy atom. The number of carbonyl (C=O) groups excluding carboxylic acids is 1. The number of aromatic nitrogens is 2. The van der Waals surface area contributed by atoms with Crippen molar-refractivity contribution < 1.29 is 14.6 Å². The number of rotatable bonds is 7. The predicted molar refractivity (Wildman–Crippen MR) is 96.8 cm³/mol. The second-order valence-corrected chi connectivity index (χ2v) is 7.23. The van der Waals surface area contributed by atoms with Crippen LogP contribution in [-0.2, 0) is 4.74 Å². The Morgan fingerprint density at radius 2 is 2.04 bits per heavy atom. The first-order valence-corrected chi connectivity index (χ1v) is 9.01. The van der Waals surface area contributed by atoms with Gasteiger partial charge in [0, 0.05) is 0 Å². The van der Waals surface area contributed by atoms with Crippen molar-refractivity contribution in [2.24, 2.45) is 5.92 Å². The van der Waals surface area contributed by atoms with Gasteiger partial charge in [-0.3, -0.25) is 0 Å². The predicted octanol–water partition coefficient (Wildman–Crippen LogP) is 3.30. The smallest absolute Gasteiger partial charge is 0.348 e. The van der Waals surface area contributed by atoms with Crippen LogP contribution in [0.4, 0.5) is 5.82 Å². The van der Waals surface area contributed by atoms with E-state index in [-0.39, 0.29) is 18.6 Å². The molecule has 1 atom stereocenters. The fourth-order valence-corrected chi connectivity index (χ4v) is 3.80. The lowest BCUT2D eigenvalue weighted by Gasteiger charge is -2.19. The molecule has 0 aliphatic heterocycles. The van der Waals surface area contributed by atoms with Gasteiger partial charge in [-0.1, -0.05) is 13.8 Å². The molecule has 2 rings (SSSR count). The fraction of sp³-hybridized carbons (Fsp3) is 0.588. The molecule has 6 nitrogen and oxygen atoms in total. The van der Waals surface area contributed by atoms with Gasteiger partial charge in [-0.05, 0) is 38.7 Å². The van der Waals surface area contributed by atoms with Gasteiger partial charge in [0.2, 0.25) is 0 Å². The Hall–Kier alpha value is -1.73. The van der Waals surface area contributed by atoms with Gasteiger partial charge in [0.25, 0.3) is 0 Å². The Morgan fingerprint density at radius 3 is 2.62 bits per heavy atom. The first-order chi connectivity index (χ1) is 11.4. The summed E-state index contributed by atoms with van der Waals surface area (Å²) in [6.07, 6.45) is 0.828. The number of thiophene rings is 1. The molecule has 2 heterocycles. The zero-order valence-corrected chi connectivity index (χ0v) is 15.7. The van der Waals surface area contributed by atoms with Crippen LogP contribution in [0.25, 0.3) is 10.2 Å². The number of esters is 1. The van der Waals surface area contributed by atoms with Crippen LogP contribution in [0.15, 0.2) is 0 Å². The Balaban J connectivity index is 2.47. The van der Waals surface area contributed by atoms with Crippen LogP contribution < -0.4 is 5.32 Å². The highest BCUT2D eigenvalue weighted by Crippen LogP contribution is 2.34. The summed E-state index contributed by atoms with van der Waals surface area (Å²) in [6, 6.07) is -0.0900. The first kappa shape index (κ1) is 18.6. The highest BCUT2D eigenvalue weighted by atomic mass is 32.1. The number of hydrogen-bond acceptors (Lipinski definition) is 7. The van der Waals surface area contributed by atoms with Gasteiger partial charge in [-0.25, -0.2) is 14.8 Å². The van der Waals surface area contributed by atoms with Crippen molar-refractivity contribution in [2.45, 2.75) is 47.1 Å². The molecule has 0 aliphatic carbocycles. The molecular formula is C17H25N3O3S. The second kappa shape index (κ2) is 7.90. The van der Waals surface area contributed by atoms with Crippen LogP contribution in [0.3, 0.4) is 0 Å². The molecule has 0 fully saturated rings. The summed E-state index contributed by atoms with van der Waals surface area (Å²) < 4.78 is 5.13. The lowest BCUT2D eigenvalue weighted by molar-refractivity contribution is 0.0531. The van der Waals surface area contributed by atoms with Crippen LogP contribution >= 0.6 is 11.3 Å². The molecule has 0 aliphatic rings. The average molecular weight is 351 g/mol. The van der Waals surface area contributed by atoms with E-state index in [2.05, 4.69) is 29.1 Å². The van der Waals surface area contributed by atoms with E-state index >= 15 is 0 Å². The maximum absolute atomic E-state index is 12.1. The molecule has 24 heavy (non-hydrogen) atoms. The van der Waals surface area contributed by atoms with Gasteiger partial charge in [-0.15, -0.1) is 11.3 Å². The molecule has 1 unspecified atom stereocenters. The lowest BCUT2D eigenvalue weighted by Crippen LogP contribution is -2.26. The van der Waals surface area contributed by atoms with E-state index in [0.717, 1.165) is 22.2 Å². The van der Waals surface area contributed by atoms with Crippen LogP contribution in [0.1, 0.15) is 48.3 Å². The van der Waals surface area contributed by atoms with Gasteiger partial charge < -0.3 is 15.2 Å². The van der Waals surface area contributed by atoms with Crippen LogP contribution in [-0.4, -0.2) is 40.3 Å². The molecule has 0 spiro atoms. The van der Waals surface area contributed by atoms with Crippen molar-refractivity contribution in [1.29, 1.82) is 0 Å². The number of ether oxygens (including phenoxy) is 1. The molecule has 0 saturated carbocycles. The zero-order valence-electron chi connectivity index (χ0n) is 14.8. The van der Waals surface area contributed by atoms with E-state index in [1.54, 1.807) is 6.92 Å². The Labute approximate surface area is 146 Å². The number of aliphatic hydroxyl groups excluding tert-OH is 1. The number of nitrogens with one attached hydrogen (secondary N) is 1. The molecule has 2 N–H and O–H groups in total. The van der Waals surface area contributed by atoms with Crippen LogP contribution in [0.2, 0.25) is 0 Å². The topological polar surface area (TPSA) is 84.3 Å². The molecule has 2 aromatic heterocycles. The Kier molecular flexibility index (Phi) is 6.12. The van der Waals surface area contributed by atoms with E-state index in [0.29, 0.717) is 29.0 Å². The van der Waals surface area contributed by atoms with Gasteiger partial charge >= 0.3 is 5.97 Å². The van der Waals surface area contributed by atoms with Crippen LogP contribution in [0, 0.1) is 19.8 Å². The normalized spacial score (nSPS) is 12.6. The first-order valence-electron chi connectivity index (χ1n) is 8.19. The molecule has 0 saturated heterocycles. The number of anilines is 1. The van der Waals surface area contributed by atoms with Crippen molar-refractivity contribution >= 4 is 33.3 Å². The summed E-state index contributed by atoms with van der Waals surface area (Å²) in [7, 11) is 0. The largest absolute Gasteiger partial charge is 0.462 e. The van der Waals surface area contributed by atoms with Gasteiger partial charge in [0.15, 0.2) is 0 Å². The highest BCUT2D eigenvalue weighted by molar-refractivity contribution is 7.20. The van der Waals surface area contributed by atoms with Gasteiger partial charge in [0.05, 0.1) is 24.6 Å². The standard InChI is InChI=1S/C17H25N3O3S/c1-6-23-17(22)14-10(4)13-15(18-11(5)19-16(13)24-14)20-12(8-21)7-9(2)3/h9,12,21H,6-8H2,1-5H3,(H,18,19,20). The quantitative estimate of drug-likeness (QED) is 0.745. The maximum atomic E-state index is 12.1. The van der Waals surface area contributed by atoms with Crippen LogP contribution in [0.5, 0.6) is 0 Å². The number of aliphatic hydroxyl groups is 1. The molecule has 2 aromatic rings. The van der Waals surface area contributed by atoms with Gasteiger partial charge in [0.1, 0.15) is 21.3 Å². The third kappa shape index (κ3) is 4.02. The lowest BCUT2D eigenvalue weighted by atomic mass is 10.0. The second-order valence-electron chi connectivity index (χ2n) is 6.23. The highest BCUT2D eigenvalue weighted by Gasteiger charge is 2.22. The Bertz CT molecular complexity index is 727. The zero-order chi connectivity index (χ0) is 17.9. The summed E-state index contributed by atoms with van der Waals surface area (Å²) in [4.78, 5) is 22.4. The minimum absolute atomic E-state index is 0.0244. The number of carbonyl (C=O) groups is 1. The average Bonchev–Trinajstić information content (AvgIpc) is 2.83. The van der Waals surface area contributed by atoms with Crippen molar-refractivity contribution in [1.82, 2.24) is 9.97 Å². The van der Waals surface area contributed by atoms with Crippen molar-refractivity contribution in [3.05, 3.63) is 16.3 Å². The monoisotopic (exact) mass is 351 g/mol. The molecule has 7 heteroatoms. The van der Waals surface area contributed by atoms with E-state index in [1.165, 1.54) is 11.3 Å². The van der Waals surface area contributed by atoms with Gasteiger partial charge in [-0.2, -0.15) is 0 Å². The number of fused-ring (bicyclic) bond motifs is 1. The minimum Gasteiger partial charge on any atom is -0.462 e. The summed E-state index contributed by atoms with van der Waals surface area (Å²) in [5.41, 5.74) is 0.817. The number of aryl methyl sites for hydroxylation is 2. The minimum atomic E-state index is -0.331. The third-order valence-electron chi connectivity index (χ3n) is 3.68. The van der Waals surface area contributed by atoms with E-state index in [1.807, 2.05) is 13.8 Å². The summed E-state index contributed by atoms with van der Waals surface area (Å²) in [5, 5.41) is 13.8. The molecule has 0 bridgehead atoms. The summed E-state index contributed by atoms with van der Waals surface area (Å²) in [6.45, 7) is 10.1. The molecule has 132 valence electrons. The number of nitrogens with zero attached hydrogens (tertiary/aromatic N) is 2. The number of hydrogen-bond donors (Lipinski definition) is 2. The molecule has 0 amide bonds. The van der Waals surface area contributed by atoms with Crippen molar-refractivity contribution in [2.75, 3.05) is 18.5 Å².